The maximum Gasteiger partial charge on any atom is 0.251 e. The molecule has 4 amide bonds. The second-order valence-electron chi connectivity index (χ2n) is 8.36. The lowest BCUT2D eigenvalue weighted by Gasteiger charge is -2.35. The van der Waals surface area contributed by atoms with Crippen molar-refractivity contribution in [2.75, 3.05) is 32.9 Å². The van der Waals surface area contributed by atoms with E-state index in [1.807, 2.05) is 0 Å². The Kier molecular flexibility index (Phi) is 17.7. The third kappa shape index (κ3) is 19.0. The molecule has 0 fully saturated rings. The van der Waals surface area contributed by atoms with E-state index >= 15 is 0 Å². The van der Waals surface area contributed by atoms with Gasteiger partial charge in [0.15, 0.2) is 0 Å². The number of hydrogen-bond acceptors (Lipinski definition) is 6. The van der Waals surface area contributed by atoms with E-state index in [0.717, 1.165) is 0 Å². The molecule has 0 saturated heterocycles. The quantitative estimate of drug-likeness (QED) is 0.0709. The summed E-state index contributed by atoms with van der Waals surface area (Å²) in [5, 5.41) is 10.7. The van der Waals surface area contributed by atoms with Crippen molar-refractivity contribution in [2.45, 2.75) is 63.3 Å². The highest BCUT2D eigenvalue weighted by atomic mass is 32.7. The van der Waals surface area contributed by atoms with E-state index in [1.165, 1.54) is 6.66 Å². The summed E-state index contributed by atoms with van der Waals surface area (Å²) in [6.07, 6.45) is 17.2. The molecule has 204 valence electrons. The van der Waals surface area contributed by atoms with Gasteiger partial charge in [0.05, 0.1) is 26.2 Å². The Hall–Kier alpha value is -2.90. The molecule has 0 rings (SSSR count). The monoisotopic (exact) mass is 552 g/mol. The van der Waals surface area contributed by atoms with Gasteiger partial charge in [-0.3, -0.25) is 23.7 Å². The third-order valence-corrected chi connectivity index (χ3v) is 6.20. The SMILES string of the molecule is C#CCNC(=O)CCC(CCC(=O)NCC#C)(CCC(=O)NCC#C)NC(=O)CCCCOP(C)(=O)S. The number of rotatable bonds is 19. The van der Waals surface area contributed by atoms with E-state index in [0.29, 0.717) is 12.8 Å². The zero-order valence-corrected chi connectivity index (χ0v) is 23.1. The van der Waals surface area contributed by atoms with E-state index in [1.54, 1.807) is 0 Å². The molecule has 12 heteroatoms. The van der Waals surface area contributed by atoms with E-state index < -0.39 is 12.1 Å². The fraction of sp³-hybridized carbons (Fsp3) is 0.600. The van der Waals surface area contributed by atoms with Crippen molar-refractivity contribution < 1.29 is 28.3 Å². The van der Waals surface area contributed by atoms with Crippen LogP contribution in [0, 0.1) is 37.0 Å². The molecule has 4 N–H and O–H groups in total. The van der Waals surface area contributed by atoms with Crippen molar-refractivity contribution in [3.05, 3.63) is 0 Å². The fourth-order valence-corrected chi connectivity index (χ4v) is 4.03. The van der Waals surface area contributed by atoms with Crippen molar-refractivity contribution in [3.63, 3.8) is 0 Å². The molecule has 0 aromatic carbocycles. The summed E-state index contributed by atoms with van der Waals surface area (Å²) in [6, 6.07) is 0. The first kappa shape index (κ1) is 34.1. The number of hydrogen-bond donors (Lipinski definition) is 5. The Bertz CT molecular complexity index is 861. The number of nitrogens with one attached hydrogen (secondary N) is 4. The van der Waals surface area contributed by atoms with Crippen LogP contribution in [0.25, 0.3) is 0 Å². The highest BCUT2D eigenvalue weighted by molar-refractivity contribution is 8.46. The van der Waals surface area contributed by atoms with Gasteiger partial charge in [0.2, 0.25) is 23.6 Å². The minimum absolute atomic E-state index is 0.0154. The van der Waals surface area contributed by atoms with Crippen molar-refractivity contribution in [3.8, 4) is 37.0 Å². The third-order valence-electron chi connectivity index (χ3n) is 5.19. The molecule has 0 spiro atoms. The van der Waals surface area contributed by atoms with Crippen LogP contribution in [0.1, 0.15) is 57.8 Å². The Balaban J connectivity index is 5.52. The minimum Gasteiger partial charge on any atom is -0.351 e. The van der Waals surface area contributed by atoms with Gasteiger partial charge < -0.3 is 25.8 Å². The first-order chi connectivity index (χ1) is 17.5. The molecule has 0 aliphatic carbocycles. The van der Waals surface area contributed by atoms with Crippen molar-refractivity contribution in [1.29, 1.82) is 0 Å². The van der Waals surface area contributed by atoms with Crippen LogP contribution in [0.3, 0.4) is 0 Å². The molecular weight excluding hydrogens is 515 g/mol. The number of carbonyl (C=O) groups excluding carboxylic acids is 4. The molecule has 0 aromatic heterocycles. The van der Waals surface area contributed by atoms with Gasteiger partial charge in [0.25, 0.3) is 6.57 Å². The van der Waals surface area contributed by atoms with Gasteiger partial charge in [-0.25, -0.2) is 0 Å². The van der Waals surface area contributed by atoms with E-state index in [-0.39, 0.29) is 94.8 Å². The summed E-state index contributed by atoms with van der Waals surface area (Å²) in [7, 11) is 0. The summed E-state index contributed by atoms with van der Waals surface area (Å²) in [6.45, 7) is -1.16. The van der Waals surface area contributed by atoms with Crippen LogP contribution in [0.2, 0.25) is 0 Å². The molecular formula is C25H37N4O6PS. The Morgan fingerprint density at radius 2 is 1.16 bits per heavy atom. The van der Waals surface area contributed by atoms with Crippen LogP contribution in [0.4, 0.5) is 0 Å². The predicted molar refractivity (Wildman–Crippen MR) is 146 cm³/mol. The van der Waals surface area contributed by atoms with Gasteiger partial charge in [-0.1, -0.05) is 30.0 Å². The molecule has 10 nitrogen and oxygen atoms in total. The average molecular weight is 553 g/mol. The molecule has 0 radical (unpaired) electrons. The topological polar surface area (TPSA) is 143 Å². The lowest BCUT2D eigenvalue weighted by molar-refractivity contribution is -0.127. The van der Waals surface area contributed by atoms with Crippen LogP contribution >= 0.6 is 18.8 Å². The molecule has 0 saturated carbocycles. The van der Waals surface area contributed by atoms with E-state index in [9.17, 15) is 23.7 Å². The number of unbranched alkanes of at least 4 members (excludes halogenated alkanes) is 1. The second-order valence-corrected chi connectivity index (χ2v) is 12.4. The minimum atomic E-state index is -2.90. The normalized spacial score (nSPS) is 12.1. The molecule has 37 heavy (non-hydrogen) atoms. The molecule has 1 unspecified atom stereocenters. The number of terminal acetylenes is 3. The first-order valence-corrected chi connectivity index (χ1v) is 15.1. The standard InChI is InChI=1S/C25H37N4O6PS/c1-5-17-26-21(30)11-14-25(15-12-22(31)27-18-6-2,16-13-23(32)28-19-7-3)29-24(33)10-8-9-20-35-36(4,34)37/h1-3H,8-20H2,4H3,(H,26,30)(H,27,31)(H,28,32)(H,29,33)(H,34,37). The lowest BCUT2D eigenvalue weighted by Crippen LogP contribution is -2.50. The Labute approximate surface area is 225 Å². The Morgan fingerprint density at radius 1 is 0.757 bits per heavy atom. The first-order valence-electron chi connectivity index (χ1n) is 11.8. The predicted octanol–water partition coefficient (Wildman–Crippen LogP) is 1.37. The zero-order valence-electron chi connectivity index (χ0n) is 21.3. The van der Waals surface area contributed by atoms with Gasteiger partial charge in [-0.15, -0.1) is 19.3 Å². The molecule has 0 aromatic rings. The summed E-state index contributed by atoms with van der Waals surface area (Å²) in [5.74, 6) is 5.67. The number of thiol groups is 1. The van der Waals surface area contributed by atoms with Crippen LogP contribution in [0.15, 0.2) is 0 Å². The summed E-state index contributed by atoms with van der Waals surface area (Å²) >= 11 is 3.86. The highest BCUT2D eigenvalue weighted by Gasteiger charge is 2.33. The summed E-state index contributed by atoms with van der Waals surface area (Å²) < 4.78 is 16.6. The molecule has 0 aliphatic heterocycles. The van der Waals surface area contributed by atoms with Crippen LogP contribution in [0.5, 0.6) is 0 Å². The van der Waals surface area contributed by atoms with E-state index in [4.69, 9.17) is 23.8 Å². The largest absolute Gasteiger partial charge is 0.351 e. The number of amides is 4. The summed E-state index contributed by atoms with van der Waals surface area (Å²) in [5.41, 5.74) is -1.04. The number of carbonyl (C=O) groups is 4. The maximum absolute atomic E-state index is 12.9. The summed E-state index contributed by atoms with van der Waals surface area (Å²) in [4.78, 5) is 49.6. The van der Waals surface area contributed by atoms with Crippen LogP contribution < -0.4 is 21.3 Å². The van der Waals surface area contributed by atoms with Gasteiger partial charge in [-0.2, -0.15) is 0 Å². The van der Waals surface area contributed by atoms with Crippen molar-refractivity contribution in [2.24, 2.45) is 0 Å². The lowest BCUT2D eigenvalue weighted by atomic mass is 9.83. The van der Waals surface area contributed by atoms with Crippen LogP contribution in [-0.4, -0.2) is 62.1 Å². The molecule has 0 bridgehead atoms. The van der Waals surface area contributed by atoms with Crippen molar-refractivity contribution >= 4 is 42.4 Å². The molecule has 0 heterocycles. The smallest absolute Gasteiger partial charge is 0.251 e. The van der Waals surface area contributed by atoms with Gasteiger partial charge >= 0.3 is 0 Å². The van der Waals surface area contributed by atoms with Gasteiger partial charge in [0, 0.05) is 37.9 Å². The van der Waals surface area contributed by atoms with Gasteiger partial charge in [-0.05, 0) is 32.1 Å². The highest BCUT2D eigenvalue weighted by Crippen LogP contribution is 2.47. The maximum atomic E-state index is 12.9. The van der Waals surface area contributed by atoms with E-state index in [2.05, 4.69) is 51.3 Å². The Morgan fingerprint density at radius 3 is 1.51 bits per heavy atom. The zero-order chi connectivity index (χ0) is 28.2. The fourth-order valence-electron chi connectivity index (χ4n) is 3.31. The molecule has 1 atom stereocenters. The van der Waals surface area contributed by atoms with Gasteiger partial charge in [0.1, 0.15) is 0 Å². The average Bonchev–Trinajstić information content (AvgIpc) is 2.84. The molecule has 0 aliphatic rings. The second kappa shape index (κ2) is 19.2. The van der Waals surface area contributed by atoms with Crippen LogP contribution in [-0.2, 0) is 28.3 Å². The van der Waals surface area contributed by atoms with Crippen molar-refractivity contribution in [1.82, 2.24) is 21.3 Å².